The summed E-state index contributed by atoms with van der Waals surface area (Å²) < 4.78 is 0. The Bertz CT molecular complexity index is 737. The molecule has 3 N–H and O–H groups in total. The van der Waals surface area contributed by atoms with Gasteiger partial charge in [-0.05, 0) is 42.9 Å². The van der Waals surface area contributed by atoms with Gasteiger partial charge in [-0.25, -0.2) is 4.99 Å². The Morgan fingerprint density at radius 2 is 1.66 bits per heavy atom. The zero-order chi connectivity index (χ0) is 20.3. The molecular formula is C24H34N4O. The Balaban J connectivity index is 1.46. The van der Waals surface area contributed by atoms with Crippen LogP contribution in [0.2, 0.25) is 0 Å². The lowest BCUT2D eigenvalue weighted by atomic mass is 10.1. The molecule has 2 aromatic carbocycles. The monoisotopic (exact) mass is 394 g/mol. The van der Waals surface area contributed by atoms with E-state index in [1.165, 1.54) is 16.7 Å². The van der Waals surface area contributed by atoms with Gasteiger partial charge in [-0.2, -0.15) is 0 Å². The molecule has 1 aliphatic heterocycles. The number of likely N-dealkylation sites (tertiary alicyclic amines) is 1. The molecule has 0 aromatic heterocycles. The molecule has 0 radical (unpaired) electrons. The molecule has 1 fully saturated rings. The Hall–Kier alpha value is -2.37. The van der Waals surface area contributed by atoms with Crippen LogP contribution < -0.4 is 10.6 Å². The highest BCUT2D eigenvalue weighted by atomic mass is 16.3. The first kappa shape index (κ1) is 21.3. The zero-order valence-electron chi connectivity index (χ0n) is 17.5. The summed E-state index contributed by atoms with van der Waals surface area (Å²) in [6, 6.07) is 19.2. The number of nitrogens with zero attached hydrogens (tertiary/aromatic N) is 2. The molecule has 0 unspecified atom stereocenters. The van der Waals surface area contributed by atoms with E-state index in [-0.39, 0.29) is 6.10 Å². The van der Waals surface area contributed by atoms with E-state index in [4.69, 9.17) is 4.99 Å². The fraction of sp³-hybridized carbons (Fsp3) is 0.458. The minimum absolute atomic E-state index is 0.112. The van der Waals surface area contributed by atoms with Crippen molar-refractivity contribution < 1.29 is 5.11 Å². The first-order valence-corrected chi connectivity index (χ1v) is 10.8. The van der Waals surface area contributed by atoms with Gasteiger partial charge in [0.1, 0.15) is 0 Å². The summed E-state index contributed by atoms with van der Waals surface area (Å²) in [6.07, 6.45) is 2.64. The van der Waals surface area contributed by atoms with Gasteiger partial charge in [-0.15, -0.1) is 0 Å². The number of guanidine groups is 1. The number of aliphatic hydroxyl groups is 1. The number of nitrogens with one attached hydrogen (secondary N) is 2. The van der Waals surface area contributed by atoms with Gasteiger partial charge >= 0.3 is 0 Å². The second-order valence-corrected chi connectivity index (χ2v) is 7.68. The van der Waals surface area contributed by atoms with Gasteiger partial charge in [-0.1, -0.05) is 54.6 Å². The minimum atomic E-state index is -0.112. The van der Waals surface area contributed by atoms with Crippen LogP contribution in [-0.2, 0) is 19.5 Å². The molecule has 0 bridgehead atoms. The van der Waals surface area contributed by atoms with Crippen molar-refractivity contribution in [1.82, 2.24) is 15.5 Å². The SMILES string of the molecule is CCNC(=NCc1ccc(CN2CCC(O)CC2)cc1)NCCc1ccccc1. The van der Waals surface area contributed by atoms with E-state index < -0.39 is 0 Å². The van der Waals surface area contributed by atoms with Gasteiger partial charge < -0.3 is 15.7 Å². The second kappa shape index (κ2) is 11.6. The van der Waals surface area contributed by atoms with Crippen LogP contribution in [0.3, 0.4) is 0 Å². The quantitative estimate of drug-likeness (QED) is 0.476. The highest BCUT2D eigenvalue weighted by Crippen LogP contribution is 2.14. The maximum atomic E-state index is 9.63. The lowest BCUT2D eigenvalue weighted by molar-refractivity contribution is 0.0792. The predicted molar refractivity (Wildman–Crippen MR) is 120 cm³/mol. The highest BCUT2D eigenvalue weighted by Gasteiger charge is 2.16. The number of piperidine rings is 1. The van der Waals surface area contributed by atoms with Crippen molar-refractivity contribution in [3.63, 3.8) is 0 Å². The summed E-state index contributed by atoms with van der Waals surface area (Å²) >= 11 is 0. The molecule has 5 heteroatoms. The van der Waals surface area contributed by atoms with Crippen LogP contribution in [0.25, 0.3) is 0 Å². The number of rotatable bonds is 8. The number of aliphatic imine (C=N–C) groups is 1. The first-order valence-electron chi connectivity index (χ1n) is 10.8. The highest BCUT2D eigenvalue weighted by molar-refractivity contribution is 5.79. The van der Waals surface area contributed by atoms with E-state index in [1.54, 1.807) is 0 Å². The summed E-state index contributed by atoms with van der Waals surface area (Å²) in [5.41, 5.74) is 3.86. The topological polar surface area (TPSA) is 59.9 Å². The van der Waals surface area contributed by atoms with E-state index in [0.717, 1.165) is 57.9 Å². The van der Waals surface area contributed by atoms with E-state index >= 15 is 0 Å². The smallest absolute Gasteiger partial charge is 0.191 e. The number of hydrogen-bond donors (Lipinski definition) is 3. The van der Waals surface area contributed by atoms with Crippen molar-refractivity contribution in [3.8, 4) is 0 Å². The molecule has 0 amide bonds. The molecule has 3 rings (SSSR count). The van der Waals surface area contributed by atoms with Gasteiger partial charge in [0.15, 0.2) is 5.96 Å². The number of aliphatic hydroxyl groups excluding tert-OH is 1. The van der Waals surface area contributed by atoms with Gasteiger partial charge in [0.25, 0.3) is 0 Å². The fourth-order valence-electron chi connectivity index (χ4n) is 3.57. The second-order valence-electron chi connectivity index (χ2n) is 7.68. The van der Waals surface area contributed by atoms with Crippen molar-refractivity contribution in [3.05, 3.63) is 71.3 Å². The van der Waals surface area contributed by atoms with E-state index in [2.05, 4.69) is 71.0 Å². The van der Waals surface area contributed by atoms with E-state index in [9.17, 15) is 5.11 Å². The van der Waals surface area contributed by atoms with Crippen LogP contribution in [0.4, 0.5) is 0 Å². The Labute approximate surface area is 174 Å². The molecule has 156 valence electrons. The lowest BCUT2D eigenvalue weighted by Crippen LogP contribution is -2.38. The molecular weight excluding hydrogens is 360 g/mol. The fourth-order valence-corrected chi connectivity index (χ4v) is 3.57. The lowest BCUT2D eigenvalue weighted by Gasteiger charge is -2.29. The van der Waals surface area contributed by atoms with Crippen molar-refractivity contribution in [2.75, 3.05) is 26.2 Å². The maximum Gasteiger partial charge on any atom is 0.191 e. The molecule has 2 aromatic rings. The van der Waals surface area contributed by atoms with Crippen molar-refractivity contribution >= 4 is 5.96 Å². The molecule has 1 heterocycles. The molecule has 0 aliphatic carbocycles. The van der Waals surface area contributed by atoms with Gasteiger partial charge in [0, 0.05) is 32.7 Å². The molecule has 29 heavy (non-hydrogen) atoms. The van der Waals surface area contributed by atoms with Crippen LogP contribution in [0.1, 0.15) is 36.5 Å². The third kappa shape index (κ3) is 7.52. The molecule has 5 nitrogen and oxygen atoms in total. The molecule has 0 atom stereocenters. The summed E-state index contributed by atoms with van der Waals surface area (Å²) in [4.78, 5) is 7.14. The summed E-state index contributed by atoms with van der Waals surface area (Å²) in [6.45, 7) is 7.38. The van der Waals surface area contributed by atoms with Gasteiger partial charge in [0.2, 0.25) is 0 Å². The zero-order valence-corrected chi connectivity index (χ0v) is 17.5. The maximum absolute atomic E-state index is 9.63. The third-order valence-electron chi connectivity index (χ3n) is 5.30. The Morgan fingerprint density at radius 1 is 0.966 bits per heavy atom. The van der Waals surface area contributed by atoms with Crippen LogP contribution in [0.15, 0.2) is 59.6 Å². The average Bonchev–Trinajstić information content (AvgIpc) is 2.75. The summed E-state index contributed by atoms with van der Waals surface area (Å²) in [5, 5.41) is 16.4. The molecule has 0 saturated carbocycles. The predicted octanol–water partition coefficient (Wildman–Crippen LogP) is 2.94. The normalized spacial score (nSPS) is 16.0. The largest absolute Gasteiger partial charge is 0.393 e. The molecule has 1 aliphatic rings. The first-order chi connectivity index (χ1) is 14.2. The van der Waals surface area contributed by atoms with E-state index in [1.807, 2.05) is 6.07 Å². The van der Waals surface area contributed by atoms with Crippen molar-refractivity contribution in [2.45, 2.75) is 45.4 Å². The van der Waals surface area contributed by atoms with Crippen LogP contribution in [0.5, 0.6) is 0 Å². The van der Waals surface area contributed by atoms with Gasteiger partial charge in [-0.3, -0.25) is 4.90 Å². The van der Waals surface area contributed by atoms with Crippen molar-refractivity contribution in [2.24, 2.45) is 4.99 Å². The average molecular weight is 395 g/mol. The number of hydrogen-bond acceptors (Lipinski definition) is 3. The minimum Gasteiger partial charge on any atom is -0.393 e. The number of benzene rings is 2. The van der Waals surface area contributed by atoms with Crippen LogP contribution >= 0.6 is 0 Å². The Morgan fingerprint density at radius 3 is 2.34 bits per heavy atom. The summed E-state index contributed by atoms with van der Waals surface area (Å²) in [5.74, 6) is 0.861. The van der Waals surface area contributed by atoms with Crippen molar-refractivity contribution in [1.29, 1.82) is 0 Å². The van der Waals surface area contributed by atoms with Crippen LogP contribution in [0, 0.1) is 0 Å². The Kier molecular flexibility index (Phi) is 8.53. The summed E-state index contributed by atoms with van der Waals surface area (Å²) in [7, 11) is 0. The standard InChI is InChI=1S/C24H34N4O/c1-2-25-24(26-15-12-20-6-4-3-5-7-20)27-18-21-8-10-22(11-9-21)19-28-16-13-23(29)14-17-28/h3-11,23,29H,2,12-19H2,1H3,(H2,25,26,27). The van der Waals surface area contributed by atoms with Crippen LogP contribution in [-0.4, -0.2) is 48.2 Å². The molecule has 1 saturated heterocycles. The molecule has 0 spiro atoms. The third-order valence-corrected chi connectivity index (χ3v) is 5.30. The van der Waals surface area contributed by atoms with Gasteiger partial charge in [0.05, 0.1) is 12.6 Å². The van der Waals surface area contributed by atoms with E-state index in [0.29, 0.717) is 6.54 Å².